The molecule has 3 nitrogen and oxygen atoms in total. The summed E-state index contributed by atoms with van der Waals surface area (Å²) in [6.07, 6.45) is 8.86. The zero-order valence-corrected chi connectivity index (χ0v) is 14.3. The van der Waals surface area contributed by atoms with E-state index in [1.165, 1.54) is 49.7 Å². The number of benzene rings is 1. The molecule has 6 rings (SSSR count). The van der Waals surface area contributed by atoms with Gasteiger partial charge in [-0.1, -0.05) is 17.7 Å². The van der Waals surface area contributed by atoms with Crippen LogP contribution >= 0.6 is 0 Å². The van der Waals surface area contributed by atoms with Gasteiger partial charge >= 0.3 is 0 Å². The molecule has 4 saturated carbocycles. The number of allylic oxidation sites excluding steroid dienone is 1. The Bertz CT molecular complexity index is 764. The van der Waals surface area contributed by atoms with Gasteiger partial charge in [0.25, 0.3) is 0 Å². The number of hydrogen-bond acceptors (Lipinski definition) is 3. The van der Waals surface area contributed by atoms with Crippen LogP contribution in [0.4, 0.5) is 0 Å². The van der Waals surface area contributed by atoms with E-state index in [2.05, 4.69) is 25.1 Å². The van der Waals surface area contributed by atoms with Gasteiger partial charge in [0, 0.05) is 17.5 Å². The Morgan fingerprint density at radius 3 is 2.33 bits per heavy atom. The molecule has 0 unspecified atom stereocenters. The van der Waals surface area contributed by atoms with E-state index in [0.717, 1.165) is 29.1 Å². The topological polar surface area (TPSA) is 59.0 Å². The van der Waals surface area contributed by atoms with Crippen LogP contribution in [0.5, 0.6) is 5.75 Å². The van der Waals surface area contributed by atoms with E-state index in [1.807, 2.05) is 0 Å². The van der Waals surface area contributed by atoms with Gasteiger partial charge in [-0.05, 0) is 68.6 Å². The standard InChI is InChI=1S/C21H24N2O/c1-12-2-16-7-17(11-22)20(23)24-19(16)18(3-12)21-8-13-4-14(9-21)6-15(5-13)10-21/h2-3,13-15H,4-10,23H2,1H3. The van der Waals surface area contributed by atoms with Crippen molar-refractivity contribution >= 4 is 0 Å². The lowest BCUT2D eigenvalue weighted by atomic mass is 9.48. The minimum Gasteiger partial charge on any atom is -0.440 e. The van der Waals surface area contributed by atoms with E-state index in [1.54, 1.807) is 0 Å². The van der Waals surface area contributed by atoms with Crippen LogP contribution in [0, 0.1) is 36.0 Å². The fourth-order valence-corrected chi connectivity index (χ4v) is 6.48. The largest absolute Gasteiger partial charge is 0.440 e. The second-order valence-electron chi connectivity index (χ2n) is 8.73. The van der Waals surface area contributed by atoms with Crippen molar-refractivity contribution in [3.05, 3.63) is 40.3 Å². The molecule has 0 radical (unpaired) electrons. The van der Waals surface area contributed by atoms with E-state index in [-0.39, 0.29) is 5.41 Å². The van der Waals surface area contributed by atoms with E-state index < -0.39 is 0 Å². The SMILES string of the molecule is Cc1cc2c(c(C34CC5CC(CC(C5)C3)C4)c1)OC(N)=C(C#N)C2. The normalized spacial score (nSPS) is 36.2. The Kier molecular flexibility index (Phi) is 2.87. The minimum absolute atomic E-state index is 0.287. The zero-order valence-electron chi connectivity index (χ0n) is 14.3. The molecular formula is C21H24N2O. The maximum Gasteiger partial charge on any atom is 0.205 e. The zero-order chi connectivity index (χ0) is 16.5. The molecule has 3 heteroatoms. The summed E-state index contributed by atoms with van der Waals surface area (Å²) in [6, 6.07) is 6.71. The molecule has 1 heterocycles. The molecule has 4 fully saturated rings. The van der Waals surface area contributed by atoms with Crippen molar-refractivity contribution in [2.45, 2.75) is 57.3 Å². The van der Waals surface area contributed by atoms with Gasteiger partial charge in [-0.15, -0.1) is 0 Å². The summed E-state index contributed by atoms with van der Waals surface area (Å²) in [5.74, 6) is 3.98. The molecule has 0 spiro atoms. The Morgan fingerprint density at radius 2 is 1.75 bits per heavy atom. The molecule has 124 valence electrons. The van der Waals surface area contributed by atoms with Crippen LogP contribution in [0.1, 0.15) is 55.2 Å². The van der Waals surface area contributed by atoms with Gasteiger partial charge in [0.1, 0.15) is 11.8 Å². The molecule has 1 aromatic rings. The first kappa shape index (κ1) is 14.4. The number of aryl methyl sites for hydroxylation is 1. The highest BCUT2D eigenvalue weighted by Gasteiger charge is 2.53. The number of ether oxygens (including phenoxy) is 1. The number of hydrogen-bond donors (Lipinski definition) is 1. The number of rotatable bonds is 1. The summed E-state index contributed by atoms with van der Waals surface area (Å²) in [4.78, 5) is 0. The molecule has 24 heavy (non-hydrogen) atoms. The molecule has 1 aliphatic heterocycles. The van der Waals surface area contributed by atoms with Crippen LogP contribution in [0.15, 0.2) is 23.6 Å². The molecule has 5 aliphatic rings. The van der Waals surface area contributed by atoms with Crippen LogP contribution in [-0.2, 0) is 11.8 Å². The summed E-state index contributed by atoms with van der Waals surface area (Å²) in [5.41, 5.74) is 10.7. The lowest BCUT2D eigenvalue weighted by Gasteiger charge is -2.57. The van der Waals surface area contributed by atoms with Gasteiger partial charge in [0.15, 0.2) is 0 Å². The molecule has 2 N–H and O–H groups in total. The van der Waals surface area contributed by atoms with Crippen LogP contribution in [0.25, 0.3) is 0 Å². The molecule has 4 aliphatic carbocycles. The van der Waals surface area contributed by atoms with Crippen LogP contribution in [-0.4, -0.2) is 0 Å². The lowest BCUT2D eigenvalue weighted by molar-refractivity contribution is -0.00622. The summed E-state index contributed by atoms with van der Waals surface area (Å²) in [5, 5.41) is 9.29. The summed E-state index contributed by atoms with van der Waals surface area (Å²) < 4.78 is 6.05. The second-order valence-corrected chi connectivity index (χ2v) is 8.73. The number of nitriles is 1. The number of fused-ring (bicyclic) bond motifs is 1. The molecule has 1 aromatic carbocycles. The first-order chi connectivity index (χ1) is 11.6. The Morgan fingerprint density at radius 1 is 1.12 bits per heavy atom. The van der Waals surface area contributed by atoms with Crippen molar-refractivity contribution < 1.29 is 4.74 Å². The van der Waals surface area contributed by atoms with Crippen molar-refractivity contribution in [1.82, 2.24) is 0 Å². The van der Waals surface area contributed by atoms with Gasteiger partial charge in [0.05, 0.1) is 5.57 Å². The summed E-state index contributed by atoms with van der Waals surface area (Å²) in [6.45, 7) is 2.16. The quantitative estimate of drug-likeness (QED) is 0.848. The maximum atomic E-state index is 9.29. The highest BCUT2D eigenvalue weighted by Crippen LogP contribution is 2.62. The van der Waals surface area contributed by atoms with Crippen LogP contribution < -0.4 is 10.5 Å². The number of nitrogens with zero attached hydrogens (tertiary/aromatic N) is 1. The third-order valence-corrected chi connectivity index (χ3v) is 6.93. The molecule has 0 amide bonds. The van der Waals surface area contributed by atoms with E-state index in [9.17, 15) is 5.26 Å². The van der Waals surface area contributed by atoms with Gasteiger partial charge in [-0.25, -0.2) is 0 Å². The lowest BCUT2D eigenvalue weighted by Crippen LogP contribution is -2.48. The number of nitrogens with two attached hydrogens (primary N) is 1. The first-order valence-electron chi connectivity index (χ1n) is 9.27. The van der Waals surface area contributed by atoms with Gasteiger partial charge in [0.2, 0.25) is 5.88 Å². The van der Waals surface area contributed by atoms with Crippen molar-refractivity contribution in [2.75, 3.05) is 0 Å². The highest BCUT2D eigenvalue weighted by molar-refractivity contribution is 5.54. The Balaban J connectivity index is 1.64. The average molecular weight is 320 g/mol. The Labute approximate surface area is 143 Å². The van der Waals surface area contributed by atoms with E-state index in [0.29, 0.717) is 17.9 Å². The van der Waals surface area contributed by atoms with Crippen LogP contribution in [0.3, 0.4) is 0 Å². The molecule has 4 bridgehead atoms. The fraction of sp³-hybridized carbons (Fsp3) is 0.571. The van der Waals surface area contributed by atoms with E-state index >= 15 is 0 Å². The van der Waals surface area contributed by atoms with Crippen molar-refractivity contribution in [3.63, 3.8) is 0 Å². The smallest absolute Gasteiger partial charge is 0.205 e. The average Bonchev–Trinajstić information content (AvgIpc) is 2.52. The van der Waals surface area contributed by atoms with Crippen molar-refractivity contribution in [1.29, 1.82) is 5.26 Å². The van der Waals surface area contributed by atoms with Crippen molar-refractivity contribution in [2.24, 2.45) is 23.5 Å². The van der Waals surface area contributed by atoms with Crippen molar-refractivity contribution in [3.8, 4) is 11.8 Å². The minimum atomic E-state index is 0.287. The molecular weight excluding hydrogens is 296 g/mol. The highest BCUT2D eigenvalue weighted by atomic mass is 16.5. The fourth-order valence-electron chi connectivity index (χ4n) is 6.48. The van der Waals surface area contributed by atoms with Gasteiger partial charge in [-0.3, -0.25) is 0 Å². The predicted octanol–water partition coefficient (Wildman–Crippen LogP) is 4.09. The molecule has 0 aromatic heterocycles. The molecule has 0 atom stereocenters. The van der Waals surface area contributed by atoms with E-state index in [4.69, 9.17) is 10.5 Å². The third-order valence-electron chi connectivity index (χ3n) is 6.93. The maximum absolute atomic E-state index is 9.29. The van der Waals surface area contributed by atoms with Crippen LogP contribution in [0.2, 0.25) is 0 Å². The van der Waals surface area contributed by atoms with Gasteiger partial charge < -0.3 is 10.5 Å². The summed E-state index contributed by atoms with van der Waals surface area (Å²) in [7, 11) is 0. The summed E-state index contributed by atoms with van der Waals surface area (Å²) >= 11 is 0. The Hall–Kier alpha value is -1.95. The first-order valence-corrected chi connectivity index (χ1v) is 9.27. The monoisotopic (exact) mass is 320 g/mol. The predicted molar refractivity (Wildman–Crippen MR) is 92.2 cm³/mol. The third kappa shape index (κ3) is 1.95. The molecule has 0 saturated heterocycles. The second kappa shape index (κ2) is 4.79. The van der Waals surface area contributed by atoms with Gasteiger partial charge in [-0.2, -0.15) is 5.26 Å².